The molecular formula is C25H23N3O3S. The number of imidazole rings is 1. The molecule has 0 saturated heterocycles. The topological polar surface area (TPSA) is 65.4 Å². The molecule has 0 saturated carbocycles. The zero-order valence-corrected chi connectivity index (χ0v) is 18.6. The first-order chi connectivity index (χ1) is 15.7. The van der Waals surface area contributed by atoms with Crippen LogP contribution in [0.2, 0.25) is 0 Å². The van der Waals surface area contributed by atoms with Crippen LogP contribution in [0.5, 0.6) is 11.5 Å². The van der Waals surface area contributed by atoms with E-state index >= 15 is 0 Å². The van der Waals surface area contributed by atoms with Crippen LogP contribution < -0.4 is 14.8 Å². The number of aromatic nitrogens is 2. The van der Waals surface area contributed by atoms with Crippen LogP contribution in [0, 0.1) is 0 Å². The maximum atomic E-state index is 13.3. The highest BCUT2D eigenvalue weighted by Crippen LogP contribution is 2.36. The Hall–Kier alpha value is -3.71. The number of amides is 1. The molecule has 7 heteroatoms. The third-order valence-electron chi connectivity index (χ3n) is 4.86. The molecule has 0 radical (unpaired) electrons. The van der Waals surface area contributed by atoms with E-state index in [9.17, 15) is 4.79 Å². The van der Waals surface area contributed by atoms with Gasteiger partial charge >= 0.3 is 0 Å². The fraction of sp³-hybridized carbons (Fsp3) is 0.120. The molecule has 0 aliphatic rings. The lowest BCUT2D eigenvalue weighted by molar-refractivity contribution is -0.115. The Morgan fingerprint density at radius 3 is 2.41 bits per heavy atom. The van der Waals surface area contributed by atoms with Crippen LogP contribution in [0.25, 0.3) is 5.69 Å². The Kier molecular flexibility index (Phi) is 6.77. The molecule has 4 aromatic rings. The Morgan fingerprint density at radius 2 is 1.69 bits per heavy atom. The monoisotopic (exact) mass is 445 g/mol. The Morgan fingerprint density at radius 1 is 0.938 bits per heavy atom. The highest BCUT2D eigenvalue weighted by Gasteiger charge is 2.24. The minimum absolute atomic E-state index is 0.133. The summed E-state index contributed by atoms with van der Waals surface area (Å²) in [6.07, 6.45) is 3.60. The molecule has 0 aliphatic heterocycles. The summed E-state index contributed by atoms with van der Waals surface area (Å²) in [5.74, 6) is 1.35. The van der Waals surface area contributed by atoms with Gasteiger partial charge in [0.25, 0.3) is 0 Å². The summed E-state index contributed by atoms with van der Waals surface area (Å²) in [4.78, 5) is 17.8. The summed E-state index contributed by atoms with van der Waals surface area (Å²) >= 11 is 1.39. The molecule has 162 valence electrons. The van der Waals surface area contributed by atoms with Crippen LogP contribution in [-0.4, -0.2) is 29.7 Å². The summed E-state index contributed by atoms with van der Waals surface area (Å²) in [6.45, 7) is 0. The van der Waals surface area contributed by atoms with E-state index < -0.39 is 5.25 Å². The number of carbonyl (C=O) groups excluding carboxylic acids is 1. The largest absolute Gasteiger partial charge is 0.497 e. The van der Waals surface area contributed by atoms with Crippen molar-refractivity contribution in [2.45, 2.75) is 10.4 Å². The molecule has 32 heavy (non-hydrogen) atoms. The number of rotatable bonds is 8. The van der Waals surface area contributed by atoms with Gasteiger partial charge in [-0.15, -0.1) is 0 Å². The van der Waals surface area contributed by atoms with Gasteiger partial charge in [-0.25, -0.2) is 4.98 Å². The molecule has 0 spiro atoms. The minimum Gasteiger partial charge on any atom is -0.497 e. The Balaban J connectivity index is 1.62. The summed E-state index contributed by atoms with van der Waals surface area (Å²) < 4.78 is 12.5. The molecule has 1 N–H and O–H groups in total. The number of nitrogens with zero attached hydrogens (tertiary/aromatic N) is 2. The van der Waals surface area contributed by atoms with Crippen LogP contribution in [0.1, 0.15) is 10.8 Å². The van der Waals surface area contributed by atoms with Crippen LogP contribution >= 0.6 is 11.8 Å². The molecular weight excluding hydrogens is 422 g/mol. The van der Waals surface area contributed by atoms with Crippen molar-refractivity contribution in [3.63, 3.8) is 0 Å². The first-order valence-corrected chi connectivity index (χ1v) is 10.9. The van der Waals surface area contributed by atoms with Crippen molar-refractivity contribution in [3.8, 4) is 17.2 Å². The summed E-state index contributed by atoms with van der Waals surface area (Å²) in [6, 6.07) is 24.7. The zero-order valence-electron chi connectivity index (χ0n) is 17.8. The van der Waals surface area contributed by atoms with Crippen LogP contribution in [0.15, 0.2) is 96.4 Å². The van der Waals surface area contributed by atoms with Gasteiger partial charge in [0.05, 0.1) is 19.9 Å². The lowest BCUT2D eigenvalue weighted by atomic mass is 10.1. The second kappa shape index (κ2) is 10.1. The Bertz CT molecular complexity index is 1180. The van der Waals surface area contributed by atoms with Gasteiger partial charge in [-0.3, -0.25) is 9.36 Å². The predicted octanol–water partition coefficient (Wildman–Crippen LogP) is 5.36. The van der Waals surface area contributed by atoms with E-state index in [0.717, 1.165) is 22.7 Å². The lowest BCUT2D eigenvalue weighted by Crippen LogP contribution is -2.19. The normalized spacial score (nSPS) is 11.6. The SMILES string of the molecule is COc1ccc(NC(=O)C(Sc2nccn2-c2cccc(OC)c2)c2ccccc2)cc1. The van der Waals surface area contributed by atoms with Crippen molar-refractivity contribution in [2.24, 2.45) is 0 Å². The van der Waals surface area contributed by atoms with E-state index in [1.54, 1.807) is 20.4 Å². The number of hydrogen-bond donors (Lipinski definition) is 1. The van der Waals surface area contributed by atoms with Gasteiger partial charge in [0.2, 0.25) is 5.91 Å². The summed E-state index contributed by atoms with van der Waals surface area (Å²) in [5, 5.41) is 3.22. The van der Waals surface area contributed by atoms with Crippen molar-refractivity contribution in [1.29, 1.82) is 0 Å². The summed E-state index contributed by atoms with van der Waals surface area (Å²) in [7, 11) is 3.25. The van der Waals surface area contributed by atoms with Gasteiger partial charge in [-0.05, 0) is 42.0 Å². The van der Waals surface area contributed by atoms with Gasteiger partial charge in [0.15, 0.2) is 5.16 Å². The quantitative estimate of drug-likeness (QED) is 0.370. The van der Waals surface area contributed by atoms with Gasteiger partial charge < -0.3 is 14.8 Å². The number of carbonyl (C=O) groups is 1. The van der Waals surface area contributed by atoms with Gasteiger partial charge in [-0.1, -0.05) is 48.2 Å². The molecule has 6 nitrogen and oxygen atoms in total. The van der Waals surface area contributed by atoms with Gasteiger partial charge in [0.1, 0.15) is 16.7 Å². The fourth-order valence-electron chi connectivity index (χ4n) is 3.22. The molecule has 1 heterocycles. The average Bonchev–Trinajstić information content (AvgIpc) is 3.32. The maximum absolute atomic E-state index is 13.3. The third kappa shape index (κ3) is 4.95. The molecule has 0 bridgehead atoms. The second-order valence-corrected chi connectivity index (χ2v) is 7.98. The number of anilines is 1. The van der Waals surface area contributed by atoms with Gasteiger partial charge in [-0.2, -0.15) is 0 Å². The highest BCUT2D eigenvalue weighted by atomic mass is 32.2. The summed E-state index contributed by atoms with van der Waals surface area (Å²) in [5.41, 5.74) is 2.50. The highest BCUT2D eigenvalue weighted by molar-refractivity contribution is 8.00. The van der Waals surface area contributed by atoms with E-state index in [1.807, 2.05) is 89.6 Å². The fourth-order valence-corrected chi connectivity index (χ4v) is 4.29. The van der Waals surface area contributed by atoms with Crippen LogP contribution in [-0.2, 0) is 4.79 Å². The molecule has 3 aromatic carbocycles. The standard InChI is InChI=1S/C25H23N3O3S/c1-30-21-13-11-19(12-14-21)27-24(29)23(18-7-4-3-5-8-18)32-25-26-15-16-28(25)20-9-6-10-22(17-20)31-2/h3-17,23H,1-2H3,(H,27,29). The van der Waals surface area contributed by atoms with E-state index in [0.29, 0.717) is 10.8 Å². The number of nitrogens with one attached hydrogen (secondary N) is 1. The molecule has 1 unspecified atom stereocenters. The average molecular weight is 446 g/mol. The van der Waals surface area contributed by atoms with Crippen molar-refractivity contribution >= 4 is 23.4 Å². The van der Waals surface area contributed by atoms with E-state index in [2.05, 4.69) is 10.3 Å². The lowest BCUT2D eigenvalue weighted by Gasteiger charge is -2.18. The third-order valence-corrected chi connectivity index (χ3v) is 6.09. The second-order valence-electron chi connectivity index (χ2n) is 6.91. The molecule has 1 amide bonds. The molecule has 1 aromatic heterocycles. The molecule has 1 atom stereocenters. The number of thioether (sulfide) groups is 1. The first-order valence-electron chi connectivity index (χ1n) is 10.0. The smallest absolute Gasteiger partial charge is 0.242 e. The van der Waals surface area contributed by atoms with E-state index in [1.165, 1.54) is 11.8 Å². The maximum Gasteiger partial charge on any atom is 0.242 e. The van der Waals surface area contributed by atoms with Crippen molar-refractivity contribution in [2.75, 3.05) is 19.5 Å². The van der Waals surface area contributed by atoms with E-state index in [4.69, 9.17) is 9.47 Å². The molecule has 0 aliphatic carbocycles. The van der Waals surface area contributed by atoms with Crippen molar-refractivity contribution < 1.29 is 14.3 Å². The molecule has 4 rings (SSSR count). The Labute approximate surface area is 191 Å². The van der Waals surface area contributed by atoms with Crippen molar-refractivity contribution in [3.05, 3.63) is 96.8 Å². The van der Waals surface area contributed by atoms with Gasteiger partial charge in [0, 0.05) is 24.1 Å². The van der Waals surface area contributed by atoms with Crippen LogP contribution in [0.3, 0.4) is 0 Å². The predicted molar refractivity (Wildman–Crippen MR) is 127 cm³/mol. The first kappa shape index (κ1) is 21.5. The number of methoxy groups -OCH3 is 2. The molecule has 0 fully saturated rings. The minimum atomic E-state index is -0.495. The number of hydrogen-bond acceptors (Lipinski definition) is 5. The number of ether oxygens (including phenoxy) is 2. The van der Waals surface area contributed by atoms with Crippen molar-refractivity contribution in [1.82, 2.24) is 9.55 Å². The number of benzene rings is 3. The van der Waals surface area contributed by atoms with Crippen LogP contribution in [0.4, 0.5) is 5.69 Å². The van der Waals surface area contributed by atoms with E-state index in [-0.39, 0.29) is 5.91 Å². The zero-order chi connectivity index (χ0) is 22.3.